The highest BCUT2D eigenvalue weighted by atomic mass is 16.5. The fraction of sp³-hybridized carbons (Fsp3) is 0.333. The lowest BCUT2D eigenvalue weighted by molar-refractivity contribution is -0.0247. The molecule has 1 aliphatic heterocycles. The highest BCUT2D eigenvalue weighted by Gasteiger charge is 2.30. The Bertz CT molecular complexity index is 938. The summed E-state index contributed by atoms with van der Waals surface area (Å²) in [6.45, 7) is 1.38. The first-order valence-corrected chi connectivity index (χ1v) is 8.47. The molecule has 1 amide bonds. The Morgan fingerprint density at radius 3 is 2.92 bits per heavy atom. The normalized spacial score (nSPS) is 17.5. The molecule has 26 heavy (non-hydrogen) atoms. The third kappa shape index (κ3) is 2.88. The molecule has 1 atom stereocenters. The quantitative estimate of drug-likeness (QED) is 0.771. The van der Waals surface area contributed by atoms with Gasteiger partial charge in [-0.05, 0) is 6.07 Å². The largest absolute Gasteiger partial charge is 0.368 e. The van der Waals surface area contributed by atoms with Crippen molar-refractivity contribution in [1.82, 2.24) is 25.1 Å². The van der Waals surface area contributed by atoms with Crippen LogP contribution in [0.25, 0.3) is 10.9 Å². The number of ether oxygens (including phenoxy) is 1. The number of amides is 1. The number of hydrogen-bond acceptors (Lipinski definition) is 6. The minimum atomic E-state index is -0.316. The fourth-order valence-corrected chi connectivity index (χ4v) is 3.19. The van der Waals surface area contributed by atoms with Crippen molar-refractivity contribution >= 4 is 22.6 Å². The standard InChI is InChI=1S/C18H20N6O2/c1-23(2)17-16(19-7-8-20-17)14-11-24(9-10-26-14)18(25)15-12-5-3-4-6-13(12)21-22-15/h3-8,14H,9-11H2,1-2H3,(H,21,22)/t14-/m1/s1. The van der Waals surface area contributed by atoms with Crippen LogP contribution < -0.4 is 4.90 Å². The molecular weight excluding hydrogens is 332 g/mol. The summed E-state index contributed by atoms with van der Waals surface area (Å²) in [6, 6.07) is 7.62. The van der Waals surface area contributed by atoms with Crippen molar-refractivity contribution in [3.05, 3.63) is 48.0 Å². The molecule has 1 aromatic carbocycles. The molecule has 8 heteroatoms. The van der Waals surface area contributed by atoms with Gasteiger partial charge in [-0.3, -0.25) is 14.9 Å². The molecule has 0 spiro atoms. The zero-order valence-electron chi connectivity index (χ0n) is 14.7. The van der Waals surface area contributed by atoms with Gasteiger partial charge < -0.3 is 14.5 Å². The van der Waals surface area contributed by atoms with E-state index in [-0.39, 0.29) is 12.0 Å². The van der Waals surface area contributed by atoms with Gasteiger partial charge >= 0.3 is 0 Å². The number of aromatic nitrogens is 4. The first kappa shape index (κ1) is 16.5. The second-order valence-electron chi connectivity index (χ2n) is 6.39. The monoisotopic (exact) mass is 352 g/mol. The highest BCUT2D eigenvalue weighted by Crippen LogP contribution is 2.27. The summed E-state index contributed by atoms with van der Waals surface area (Å²) < 4.78 is 5.89. The van der Waals surface area contributed by atoms with Gasteiger partial charge in [0.1, 0.15) is 11.8 Å². The number of fused-ring (bicyclic) bond motifs is 1. The number of carbonyl (C=O) groups is 1. The van der Waals surface area contributed by atoms with Gasteiger partial charge in [-0.15, -0.1) is 0 Å². The van der Waals surface area contributed by atoms with Gasteiger partial charge in [0.15, 0.2) is 11.5 Å². The molecular formula is C18H20N6O2. The van der Waals surface area contributed by atoms with Crippen LogP contribution in [0.2, 0.25) is 0 Å². The van der Waals surface area contributed by atoms with E-state index < -0.39 is 0 Å². The second kappa shape index (κ2) is 6.72. The second-order valence-corrected chi connectivity index (χ2v) is 6.39. The molecule has 0 saturated carbocycles. The van der Waals surface area contributed by atoms with E-state index in [2.05, 4.69) is 20.2 Å². The summed E-state index contributed by atoms with van der Waals surface area (Å²) in [6.07, 6.45) is 2.98. The molecule has 8 nitrogen and oxygen atoms in total. The Balaban J connectivity index is 1.60. The lowest BCUT2D eigenvalue weighted by Crippen LogP contribution is -2.43. The Labute approximate surface area is 150 Å². The van der Waals surface area contributed by atoms with Crippen LogP contribution >= 0.6 is 0 Å². The molecule has 0 unspecified atom stereocenters. The molecule has 3 heterocycles. The minimum Gasteiger partial charge on any atom is -0.368 e. The average molecular weight is 352 g/mol. The molecule has 0 radical (unpaired) electrons. The number of para-hydroxylation sites is 1. The van der Waals surface area contributed by atoms with Crippen LogP contribution in [0.1, 0.15) is 22.3 Å². The minimum absolute atomic E-state index is 0.106. The molecule has 0 bridgehead atoms. The van der Waals surface area contributed by atoms with E-state index in [1.165, 1.54) is 0 Å². The van der Waals surface area contributed by atoms with Crippen LogP contribution in [-0.2, 0) is 4.74 Å². The van der Waals surface area contributed by atoms with Crippen molar-refractivity contribution in [2.75, 3.05) is 38.7 Å². The molecule has 4 rings (SSSR count). The number of carbonyl (C=O) groups excluding carboxylic acids is 1. The van der Waals surface area contributed by atoms with Gasteiger partial charge in [-0.2, -0.15) is 5.10 Å². The van der Waals surface area contributed by atoms with Crippen molar-refractivity contribution in [2.45, 2.75) is 6.10 Å². The molecule has 1 fully saturated rings. The maximum absolute atomic E-state index is 13.0. The number of anilines is 1. The molecule has 1 aliphatic rings. The van der Waals surface area contributed by atoms with Gasteiger partial charge in [0, 0.05) is 38.4 Å². The zero-order chi connectivity index (χ0) is 18.1. The van der Waals surface area contributed by atoms with Crippen molar-refractivity contribution in [3.63, 3.8) is 0 Å². The number of H-pyrrole nitrogens is 1. The van der Waals surface area contributed by atoms with Crippen LogP contribution in [0.4, 0.5) is 5.82 Å². The van der Waals surface area contributed by atoms with Gasteiger partial charge in [0.2, 0.25) is 0 Å². The predicted molar refractivity (Wildman–Crippen MR) is 97.0 cm³/mol. The van der Waals surface area contributed by atoms with Gasteiger partial charge in [0.05, 0.1) is 18.7 Å². The molecule has 134 valence electrons. The smallest absolute Gasteiger partial charge is 0.275 e. The van der Waals surface area contributed by atoms with E-state index in [0.29, 0.717) is 25.4 Å². The summed E-state index contributed by atoms with van der Waals surface area (Å²) in [5, 5.41) is 7.97. The fourth-order valence-electron chi connectivity index (χ4n) is 3.19. The highest BCUT2D eigenvalue weighted by molar-refractivity contribution is 6.04. The number of morpholine rings is 1. The van der Waals surface area contributed by atoms with Crippen LogP contribution in [-0.4, -0.2) is 64.8 Å². The Hall–Kier alpha value is -3.00. The number of hydrogen-bond donors (Lipinski definition) is 1. The summed E-state index contributed by atoms with van der Waals surface area (Å²) in [5.74, 6) is 0.642. The van der Waals surface area contributed by atoms with Gasteiger partial charge in [-0.25, -0.2) is 4.98 Å². The van der Waals surface area contributed by atoms with Gasteiger partial charge in [0.25, 0.3) is 5.91 Å². The number of nitrogens with zero attached hydrogens (tertiary/aromatic N) is 5. The van der Waals surface area contributed by atoms with Crippen molar-refractivity contribution in [1.29, 1.82) is 0 Å². The summed E-state index contributed by atoms with van der Waals surface area (Å²) in [5.41, 5.74) is 2.03. The Morgan fingerprint density at radius 1 is 1.27 bits per heavy atom. The maximum Gasteiger partial charge on any atom is 0.275 e. The third-order valence-electron chi connectivity index (χ3n) is 4.46. The SMILES string of the molecule is CN(C)c1nccnc1[C@H]1CN(C(=O)c2n[nH]c3ccccc23)CCO1. The molecule has 3 aromatic rings. The number of rotatable bonds is 3. The first-order chi connectivity index (χ1) is 12.6. The Kier molecular flexibility index (Phi) is 4.26. The molecule has 1 saturated heterocycles. The van der Waals surface area contributed by atoms with Gasteiger partial charge in [-0.1, -0.05) is 18.2 Å². The zero-order valence-corrected chi connectivity index (χ0v) is 14.7. The van der Waals surface area contributed by atoms with E-state index in [1.54, 1.807) is 17.3 Å². The number of benzene rings is 1. The van der Waals surface area contributed by atoms with Crippen molar-refractivity contribution in [2.24, 2.45) is 0 Å². The van der Waals surface area contributed by atoms with Crippen LogP contribution in [0.5, 0.6) is 0 Å². The summed E-state index contributed by atoms with van der Waals surface area (Å²) in [7, 11) is 3.82. The maximum atomic E-state index is 13.0. The Morgan fingerprint density at radius 2 is 2.08 bits per heavy atom. The van der Waals surface area contributed by atoms with E-state index >= 15 is 0 Å². The van der Waals surface area contributed by atoms with Crippen LogP contribution in [0.3, 0.4) is 0 Å². The topological polar surface area (TPSA) is 87.2 Å². The van der Waals surface area contributed by atoms with Crippen molar-refractivity contribution in [3.8, 4) is 0 Å². The lowest BCUT2D eigenvalue weighted by Gasteiger charge is -2.33. The van der Waals surface area contributed by atoms with Crippen molar-refractivity contribution < 1.29 is 9.53 Å². The van der Waals surface area contributed by atoms with E-state index in [1.807, 2.05) is 43.3 Å². The van der Waals surface area contributed by atoms with Crippen LogP contribution in [0.15, 0.2) is 36.7 Å². The predicted octanol–water partition coefficient (Wildman–Crippen LogP) is 1.63. The van der Waals surface area contributed by atoms with Crippen LogP contribution in [0, 0.1) is 0 Å². The first-order valence-electron chi connectivity index (χ1n) is 8.47. The summed E-state index contributed by atoms with van der Waals surface area (Å²) >= 11 is 0. The van der Waals surface area contributed by atoms with E-state index in [4.69, 9.17) is 4.74 Å². The molecule has 0 aliphatic carbocycles. The molecule has 1 N–H and O–H groups in total. The number of nitrogens with one attached hydrogen (secondary N) is 1. The van der Waals surface area contributed by atoms with E-state index in [0.717, 1.165) is 22.4 Å². The summed E-state index contributed by atoms with van der Waals surface area (Å²) in [4.78, 5) is 25.5. The third-order valence-corrected chi connectivity index (χ3v) is 4.46. The van der Waals surface area contributed by atoms with E-state index in [9.17, 15) is 4.79 Å². The lowest BCUT2D eigenvalue weighted by atomic mass is 10.1. The number of aromatic amines is 1. The average Bonchev–Trinajstić information content (AvgIpc) is 3.11. The molecule has 2 aromatic heterocycles.